The van der Waals surface area contributed by atoms with Crippen molar-refractivity contribution >= 4 is 22.6 Å². The second-order valence-corrected chi connectivity index (χ2v) is 5.45. The molecule has 0 radical (unpaired) electrons. The normalized spacial score (nSPS) is 11.5. The van der Waals surface area contributed by atoms with Crippen LogP contribution in [0.3, 0.4) is 0 Å². The largest absolute Gasteiger partial charge is 0.467 e. The van der Waals surface area contributed by atoms with Gasteiger partial charge < -0.3 is 15.0 Å². The zero-order valence-corrected chi connectivity index (χ0v) is 13.4. The zero-order chi connectivity index (χ0) is 17.8. The van der Waals surface area contributed by atoms with E-state index in [9.17, 15) is 9.59 Å². The minimum Gasteiger partial charge on any atom is -0.467 e. The van der Waals surface area contributed by atoms with Crippen LogP contribution in [0.2, 0.25) is 0 Å². The number of benzene rings is 2. The van der Waals surface area contributed by atoms with Gasteiger partial charge in [0, 0.05) is 6.20 Å². The number of aromatic nitrogens is 1. The highest BCUT2D eigenvalue weighted by molar-refractivity contribution is 5.97. The van der Waals surface area contributed by atoms with Crippen LogP contribution < -0.4 is 5.32 Å². The molecule has 3 rings (SSSR count). The fourth-order valence-corrected chi connectivity index (χ4v) is 2.59. The van der Waals surface area contributed by atoms with E-state index in [-0.39, 0.29) is 11.3 Å². The Hall–Kier alpha value is -3.59. The van der Waals surface area contributed by atoms with E-state index in [4.69, 9.17) is 10.00 Å². The maximum atomic E-state index is 12.4. The second-order valence-electron chi connectivity index (χ2n) is 5.45. The Morgan fingerprint density at radius 1 is 1.16 bits per heavy atom. The SMILES string of the molecule is COC(=O)[C@@H](NC(=O)c1c[nH]c(C#N)c1)c1ccc2ccccc2c1. The van der Waals surface area contributed by atoms with Crippen molar-refractivity contribution in [3.05, 3.63) is 71.5 Å². The predicted octanol–water partition coefficient (Wildman–Crippen LogP) is 2.68. The van der Waals surface area contributed by atoms with E-state index >= 15 is 0 Å². The number of H-pyrrole nitrogens is 1. The zero-order valence-electron chi connectivity index (χ0n) is 13.4. The molecule has 0 unspecified atom stereocenters. The van der Waals surface area contributed by atoms with Crippen molar-refractivity contribution in [1.29, 1.82) is 5.26 Å². The molecule has 0 saturated heterocycles. The molecule has 1 amide bonds. The Morgan fingerprint density at radius 2 is 1.92 bits per heavy atom. The standard InChI is InChI=1S/C19H15N3O3/c1-25-19(24)17(22-18(23)15-9-16(10-20)21-11-15)14-7-6-12-4-2-3-5-13(12)8-14/h2-9,11,17,21H,1H3,(H,22,23)/t17-/m0/s1. The first-order valence-electron chi connectivity index (χ1n) is 7.58. The first-order valence-corrected chi connectivity index (χ1v) is 7.58. The van der Waals surface area contributed by atoms with Gasteiger partial charge >= 0.3 is 5.97 Å². The summed E-state index contributed by atoms with van der Waals surface area (Å²) in [7, 11) is 1.27. The van der Waals surface area contributed by atoms with Gasteiger partial charge in [-0.2, -0.15) is 5.26 Å². The van der Waals surface area contributed by atoms with Crippen LogP contribution in [0.1, 0.15) is 27.7 Å². The van der Waals surface area contributed by atoms with Gasteiger partial charge in [-0.15, -0.1) is 0 Å². The lowest BCUT2D eigenvalue weighted by atomic mass is 10.0. The average Bonchev–Trinajstić information content (AvgIpc) is 3.14. The van der Waals surface area contributed by atoms with Crippen LogP contribution in [0, 0.1) is 11.3 Å². The lowest BCUT2D eigenvalue weighted by Crippen LogP contribution is -2.34. The molecule has 0 aliphatic rings. The van der Waals surface area contributed by atoms with E-state index in [0.717, 1.165) is 10.8 Å². The number of fused-ring (bicyclic) bond motifs is 1. The van der Waals surface area contributed by atoms with Crippen LogP contribution in [-0.2, 0) is 9.53 Å². The van der Waals surface area contributed by atoms with E-state index in [1.807, 2.05) is 42.5 Å². The molecule has 1 atom stereocenters. The summed E-state index contributed by atoms with van der Waals surface area (Å²) in [6.45, 7) is 0. The topological polar surface area (TPSA) is 95.0 Å². The molecule has 25 heavy (non-hydrogen) atoms. The Balaban J connectivity index is 1.92. The van der Waals surface area contributed by atoms with E-state index in [1.54, 1.807) is 6.07 Å². The monoisotopic (exact) mass is 333 g/mol. The summed E-state index contributed by atoms with van der Waals surface area (Å²) >= 11 is 0. The van der Waals surface area contributed by atoms with Crippen LogP contribution in [0.4, 0.5) is 0 Å². The van der Waals surface area contributed by atoms with Gasteiger partial charge in [-0.05, 0) is 28.5 Å². The van der Waals surface area contributed by atoms with Gasteiger partial charge in [0.25, 0.3) is 5.91 Å². The summed E-state index contributed by atoms with van der Waals surface area (Å²) in [6, 6.07) is 15.6. The number of amides is 1. The average molecular weight is 333 g/mol. The minimum atomic E-state index is -0.942. The van der Waals surface area contributed by atoms with Crippen molar-refractivity contribution in [2.75, 3.05) is 7.11 Å². The predicted molar refractivity (Wildman–Crippen MR) is 91.7 cm³/mol. The molecule has 6 nitrogen and oxygen atoms in total. The number of methoxy groups -OCH3 is 1. The van der Waals surface area contributed by atoms with Crippen LogP contribution in [-0.4, -0.2) is 24.0 Å². The molecule has 3 aromatic rings. The first kappa shape index (κ1) is 16.3. The lowest BCUT2D eigenvalue weighted by molar-refractivity contribution is -0.143. The summed E-state index contributed by atoms with van der Waals surface area (Å²) in [5.41, 5.74) is 1.16. The first-order chi connectivity index (χ1) is 12.1. The Bertz CT molecular complexity index is 985. The van der Waals surface area contributed by atoms with Gasteiger partial charge in [0.2, 0.25) is 0 Å². The summed E-state index contributed by atoms with van der Waals surface area (Å²) < 4.78 is 4.83. The van der Waals surface area contributed by atoms with Crippen molar-refractivity contribution in [2.45, 2.75) is 6.04 Å². The number of nitriles is 1. The Labute approximate surface area is 144 Å². The third-order valence-corrected chi connectivity index (χ3v) is 3.88. The van der Waals surface area contributed by atoms with Gasteiger partial charge in [0.05, 0.1) is 12.7 Å². The molecule has 0 aliphatic carbocycles. The summed E-state index contributed by atoms with van der Waals surface area (Å²) in [5.74, 6) is -1.04. The van der Waals surface area contributed by atoms with Gasteiger partial charge in [-0.1, -0.05) is 36.4 Å². The van der Waals surface area contributed by atoms with Gasteiger partial charge in [0.1, 0.15) is 11.8 Å². The molecule has 2 N–H and O–H groups in total. The highest BCUT2D eigenvalue weighted by Crippen LogP contribution is 2.22. The van der Waals surface area contributed by atoms with Gasteiger partial charge in [0.15, 0.2) is 6.04 Å². The van der Waals surface area contributed by atoms with Crippen LogP contribution >= 0.6 is 0 Å². The summed E-state index contributed by atoms with van der Waals surface area (Å²) in [6.07, 6.45) is 1.42. The lowest BCUT2D eigenvalue weighted by Gasteiger charge is -2.17. The maximum absolute atomic E-state index is 12.4. The number of carbonyl (C=O) groups excluding carboxylic acids is 2. The second kappa shape index (κ2) is 6.89. The number of nitrogens with zero attached hydrogens (tertiary/aromatic N) is 1. The third-order valence-electron chi connectivity index (χ3n) is 3.88. The van der Waals surface area contributed by atoms with Crippen molar-refractivity contribution < 1.29 is 14.3 Å². The molecular weight excluding hydrogens is 318 g/mol. The number of carbonyl (C=O) groups is 2. The fourth-order valence-electron chi connectivity index (χ4n) is 2.59. The number of esters is 1. The molecule has 124 valence electrons. The van der Waals surface area contributed by atoms with Crippen molar-refractivity contribution in [1.82, 2.24) is 10.3 Å². The molecule has 0 saturated carbocycles. The molecule has 2 aromatic carbocycles. The van der Waals surface area contributed by atoms with Crippen molar-refractivity contribution in [2.24, 2.45) is 0 Å². The maximum Gasteiger partial charge on any atom is 0.333 e. The number of rotatable bonds is 4. The van der Waals surface area contributed by atoms with Crippen LogP contribution in [0.25, 0.3) is 10.8 Å². The highest BCUT2D eigenvalue weighted by Gasteiger charge is 2.24. The number of hydrogen-bond donors (Lipinski definition) is 2. The van der Waals surface area contributed by atoms with E-state index in [1.165, 1.54) is 19.4 Å². The van der Waals surface area contributed by atoms with Crippen molar-refractivity contribution in [3.63, 3.8) is 0 Å². The summed E-state index contributed by atoms with van der Waals surface area (Å²) in [5, 5.41) is 13.5. The van der Waals surface area contributed by atoms with E-state index in [0.29, 0.717) is 5.56 Å². The van der Waals surface area contributed by atoms with Crippen LogP contribution in [0.5, 0.6) is 0 Å². The number of ether oxygens (including phenoxy) is 1. The van der Waals surface area contributed by atoms with Crippen molar-refractivity contribution in [3.8, 4) is 6.07 Å². The number of nitrogens with one attached hydrogen (secondary N) is 2. The highest BCUT2D eigenvalue weighted by atomic mass is 16.5. The molecule has 0 aliphatic heterocycles. The smallest absolute Gasteiger partial charge is 0.333 e. The van der Waals surface area contributed by atoms with E-state index in [2.05, 4.69) is 10.3 Å². The molecule has 0 bridgehead atoms. The van der Waals surface area contributed by atoms with E-state index < -0.39 is 17.9 Å². The van der Waals surface area contributed by atoms with Crippen LogP contribution in [0.15, 0.2) is 54.7 Å². The number of hydrogen-bond acceptors (Lipinski definition) is 4. The molecular formula is C19H15N3O3. The number of aromatic amines is 1. The molecule has 1 aromatic heterocycles. The summed E-state index contributed by atoms with van der Waals surface area (Å²) in [4.78, 5) is 27.3. The Morgan fingerprint density at radius 3 is 2.60 bits per heavy atom. The molecule has 0 fully saturated rings. The minimum absolute atomic E-state index is 0.269. The van der Waals surface area contributed by atoms with Gasteiger partial charge in [-0.3, -0.25) is 4.79 Å². The fraction of sp³-hybridized carbons (Fsp3) is 0.105. The third kappa shape index (κ3) is 3.35. The molecule has 0 spiro atoms. The van der Waals surface area contributed by atoms with Gasteiger partial charge in [-0.25, -0.2) is 4.79 Å². The Kier molecular flexibility index (Phi) is 4.48. The molecule has 1 heterocycles. The quantitative estimate of drug-likeness (QED) is 0.718. The molecule has 6 heteroatoms.